The lowest BCUT2D eigenvalue weighted by atomic mass is 10.2. The predicted octanol–water partition coefficient (Wildman–Crippen LogP) is 2.95. The van der Waals surface area contributed by atoms with Crippen LogP contribution < -0.4 is 10.6 Å². The Hall–Kier alpha value is -2.86. The van der Waals surface area contributed by atoms with E-state index in [0.717, 1.165) is 5.56 Å². The Kier molecular flexibility index (Phi) is 6.74. The lowest BCUT2D eigenvalue weighted by Crippen LogP contribution is -2.40. The standard InChI is InChI=1S/C19H19ClN2O4/c1-12-4-3-5-16(10-12)22-17(23)11-26-19(25)13(2)21-18(24)14-6-8-15(20)9-7-14/h3-10,13H,11H2,1-2H3,(H,21,24)(H,22,23)/t13-/m0/s1. The number of esters is 1. The molecule has 2 amide bonds. The summed E-state index contributed by atoms with van der Waals surface area (Å²) in [5.41, 5.74) is 1.99. The van der Waals surface area contributed by atoms with Gasteiger partial charge in [0.05, 0.1) is 0 Å². The van der Waals surface area contributed by atoms with Crippen LogP contribution in [0.5, 0.6) is 0 Å². The van der Waals surface area contributed by atoms with Crippen LogP contribution in [0.15, 0.2) is 48.5 Å². The lowest BCUT2D eigenvalue weighted by Gasteiger charge is -2.13. The number of benzene rings is 2. The third-order valence-electron chi connectivity index (χ3n) is 3.45. The van der Waals surface area contributed by atoms with Gasteiger partial charge >= 0.3 is 5.97 Å². The van der Waals surface area contributed by atoms with Crippen molar-refractivity contribution in [3.05, 3.63) is 64.7 Å². The van der Waals surface area contributed by atoms with Crippen LogP contribution in [0.4, 0.5) is 5.69 Å². The first kappa shape index (κ1) is 19.5. The number of halogens is 1. The second-order valence-corrected chi connectivity index (χ2v) is 6.16. The molecule has 0 aliphatic carbocycles. The summed E-state index contributed by atoms with van der Waals surface area (Å²) in [6, 6.07) is 12.6. The number of ether oxygens (including phenoxy) is 1. The second kappa shape index (κ2) is 9.01. The van der Waals surface area contributed by atoms with Crippen LogP contribution in [0.3, 0.4) is 0 Å². The summed E-state index contributed by atoms with van der Waals surface area (Å²) in [6.07, 6.45) is 0. The molecule has 2 N–H and O–H groups in total. The zero-order valence-corrected chi connectivity index (χ0v) is 15.2. The highest BCUT2D eigenvalue weighted by atomic mass is 35.5. The Labute approximate surface area is 156 Å². The molecule has 0 fully saturated rings. The fraction of sp³-hybridized carbons (Fsp3) is 0.211. The Morgan fingerprint density at radius 2 is 1.81 bits per heavy atom. The van der Waals surface area contributed by atoms with Crippen molar-refractivity contribution in [3.63, 3.8) is 0 Å². The number of anilines is 1. The largest absolute Gasteiger partial charge is 0.454 e. The van der Waals surface area contributed by atoms with Gasteiger partial charge in [-0.05, 0) is 55.8 Å². The Balaban J connectivity index is 1.80. The smallest absolute Gasteiger partial charge is 0.328 e. The van der Waals surface area contributed by atoms with Crippen molar-refractivity contribution in [2.24, 2.45) is 0 Å². The van der Waals surface area contributed by atoms with E-state index in [2.05, 4.69) is 10.6 Å². The fourth-order valence-electron chi connectivity index (χ4n) is 2.12. The van der Waals surface area contributed by atoms with Gasteiger partial charge in [0.1, 0.15) is 6.04 Å². The van der Waals surface area contributed by atoms with E-state index in [4.69, 9.17) is 16.3 Å². The molecule has 136 valence electrons. The fourth-order valence-corrected chi connectivity index (χ4v) is 2.25. The Morgan fingerprint density at radius 3 is 2.46 bits per heavy atom. The average molecular weight is 375 g/mol. The van der Waals surface area contributed by atoms with Crippen LogP contribution in [0.1, 0.15) is 22.8 Å². The molecule has 6 nitrogen and oxygen atoms in total. The maximum Gasteiger partial charge on any atom is 0.328 e. The molecule has 7 heteroatoms. The van der Waals surface area contributed by atoms with Gasteiger partial charge in [-0.15, -0.1) is 0 Å². The Morgan fingerprint density at radius 1 is 1.12 bits per heavy atom. The molecule has 0 aliphatic rings. The van der Waals surface area contributed by atoms with Crippen molar-refractivity contribution in [1.29, 1.82) is 0 Å². The highest BCUT2D eigenvalue weighted by Crippen LogP contribution is 2.10. The Bertz CT molecular complexity index is 805. The van der Waals surface area contributed by atoms with E-state index in [0.29, 0.717) is 16.3 Å². The molecule has 2 rings (SSSR count). The van der Waals surface area contributed by atoms with Gasteiger partial charge in [0.15, 0.2) is 6.61 Å². The van der Waals surface area contributed by atoms with Crippen LogP contribution >= 0.6 is 11.6 Å². The van der Waals surface area contributed by atoms with Gasteiger partial charge in [-0.2, -0.15) is 0 Å². The third kappa shape index (κ3) is 5.89. The molecule has 1 atom stereocenters. The van der Waals surface area contributed by atoms with Gasteiger partial charge < -0.3 is 15.4 Å². The quantitative estimate of drug-likeness (QED) is 0.761. The molecule has 0 bridgehead atoms. The third-order valence-corrected chi connectivity index (χ3v) is 3.71. The first-order valence-corrected chi connectivity index (χ1v) is 8.32. The van der Waals surface area contributed by atoms with Crippen LogP contribution in [0, 0.1) is 6.92 Å². The van der Waals surface area contributed by atoms with Gasteiger partial charge in [0.25, 0.3) is 11.8 Å². The van der Waals surface area contributed by atoms with Crippen LogP contribution in [-0.2, 0) is 14.3 Å². The van der Waals surface area contributed by atoms with Crippen LogP contribution in [0.2, 0.25) is 5.02 Å². The number of nitrogens with one attached hydrogen (secondary N) is 2. The highest BCUT2D eigenvalue weighted by molar-refractivity contribution is 6.30. The van der Waals surface area contributed by atoms with Gasteiger partial charge in [-0.25, -0.2) is 4.79 Å². The van der Waals surface area contributed by atoms with Crippen molar-refractivity contribution in [1.82, 2.24) is 5.32 Å². The van der Waals surface area contributed by atoms with E-state index in [-0.39, 0.29) is 0 Å². The van der Waals surface area contributed by atoms with Crippen molar-refractivity contribution >= 4 is 35.1 Å². The molecule has 0 spiro atoms. The summed E-state index contributed by atoms with van der Waals surface area (Å²) in [4.78, 5) is 35.8. The molecule has 26 heavy (non-hydrogen) atoms. The van der Waals surface area contributed by atoms with E-state index in [1.54, 1.807) is 36.4 Å². The summed E-state index contributed by atoms with van der Waals surface area (Å²) in [5.74, 6) is -1.60. The van der Waals surface area contributed by atoms with Crippen molar-refractivity contribution < 1.29 is 19.1 Å². The van der Waals surface area contributed by atoms with Crippen molar-refractivity contribution in [3.8, 4) is 0 Å². The van der Waals surface area contributed by atoms with E-state index in [9.17, 15) is 14.4 Å². The molecule has 2 aromatic carbocycles. The number of aryl methyl sites for hydroxylation is 1. The SMILES string of the molecule is Cc1cccc(NC(=O)COC(=O)[C@H](C)NC(=O)c2ccc(Cl)cc2)c1. The molecule has 0 aliphatic heterocycles. The number of amides is 2. The number of carbonyl (C=O) groups excluding carboxylic acids is 3. The summed E-state index contributed by atoms with van der Waals surface area (Å²) in [6.45, 7) is 2.95. The predicted molar refractivity (Wildman–Crippen MR) is 99.1 cm³/mol. The molecule has 0 unspecified atom stereocenters. The van der Waals surface area contributed by atoms with Gasteiger partial charge in [-0.1, -0.05) is 23.7 Å². The molecule has 0 radical (unpaired) electrons. The normalized spacial score (nSPS) is 11.3. The summed E-state index contributed by atoms with van der Waals surface area (Å²) in [7, 11) is 0. The van der Waals surface area contributed by atoms with Gasteiger partial charge in [-0.3, -0.25) is 9.59 Å². The molecule has 0 saturated carbocycles. The second-order valence-electron chi connectivity index (χ2n) is 5.73. The molecular formula is C19H19ClN2O4. The molecule has 0 saturated heterocycles. The van der Waals surface area contributed by atoms with Crippen molar-refractivity contribution in [2.75, 3.05) is 11.9 Å². The van der Waals surface area contributed by atoms with Gasteiger partial charge in [0, 0.05) is 16.3 Å². The first-order chi connectivity index (χ1) is 12.3. The number of hydrogen-bond donors (Lipinski definition) is 2. The van der Waals surface area contributed by atoms with Crippen LogP contribution in [-0.4, -0.2) is 30.4 Å². The minimum atomic E-state index is -0.898. The zero-order chi connectivity index (χ0) is 19.1. The molecular weight excluding hydrogens is 356 g/mol. The first-order valence-electron chi connectivity index (χ1n) is 7.95. The molecule has 0 heterocycles. The average Bonchev–Trinajstić information content (AvgIpc) is 2.60. The number of rotatable bonds is 6. The van der Waals surface area contributed by atoms with E-state index >= 15 is 0 Å². The summed E-state index contributed by atoms with van der Waals surface area (Å²) < 4.78 is 4.94. The number of carbonyl (C=O) groups is 3. The minimum absolute atomic E-state index is 0.367. The van der Waals surface area contributed by atoms with Gasteiger partial charge in [0.2, 0.25) is 0 Å². The highest BCUT2D eigenvalue weighted by Gasteiger charge is 2.19. The molecule has 2 aromatic rings. The number of hydrogen-bond acceptors (Lipinski definition) is 4. The zero-order valence-electron chi connectivity index (χ0n) is 14.4. The van der Waals surface area contributed by atoms with E-state index in [1.807, 2.05) is 19.1 Å². The monoisotopic (exact) mass is 374 g/mol. The maximum absolute atomic E-state index is 12.0. The lowest BCUT2D eigenvalue weighted by molar-refractivity contribution is -0.148. The minimum Gasteiger partial charge on any atom is -0.454 e. The molecule has 0 aromatic heterocycles. The topological polar surface area (TPSA) is 84.5 Å². The summed E-state index contributed by atoms with van der Waals surface area (Å²) >= 11 is 5.77. The maximum atomic E-state index is 12.0. The van der Waals surface area contributed by atoms with E-state index < -0.39 is 30.4 Å². The van der Waals surface area contributed by atoms with Crippen LogP contribution in [0.25, 0.3) is 0 Å². The van der Waals surface area contributed by atoms with Crippen molar-refractivity contribution in [2.45, 2.75) is 19.9 Å². The summed E-state index contributed by atoms with van der Waals surface area (Å²) in [5, 5.41) is 5.65. The van der Waals surface area contributed by atoms with E-state index in [1.165, 1.54) is 6.92 Å².